The molecule has 27 heavy (non-hydrogen) atoms. The van der Waals surface area contributed by atoms with Crippen LogP contribution in [-0.2, 0) is 17.6 Å². The van der Waals surface area contributed by atoms with Gasteiger partial charge in [0, 0.05) is 0 Å². The number of halogens is 1. The van der Waals surface area contributed by atoms with Crippen LogP contribution < -0.4 is 4.74 Å². The summed E-state index contributed by atoms with van der Waals surface area (Å²) in [6.45, 7) is 14.7. The Labute approximate surface area is 170 Å². The van der Waals surface area contributed by atoms with E-state index in [9.17, 15) is 0 Å². The van der Waals surface area contributed by atoms with Gasteiger partial charge in [0.15, 0.2) is 10.9 Å². The van der Waals surface area contributed by atoms with Crippen molar-refractivity contribution >= 4 is 19.9 Å². The van der Waals surface area contributed by atoms with E-state index in [4.69, 9.17) is 20.8 Å². The molecule has 148 valence electrons. The number of benzene rings is 1. The first kappa shape index (κ1) is 21.9. The fourth-order valence-corrected chi connectivity index (χ4v) is 9.71. The van der Waals surface area contributed by atoms with Gasteiger partial charge in [-0.15, -0.1) is 0 Å². The molecule has 0 bridgehead atoms. The van der Waals surface area contributed by atoms with E-state index in [1.807, 2.05) is 42.5 Å². The lowest BCUT2D eigenvalue weighted by molar-refractivity contribution is 0.261. The van der Waals surface area contributed by atoms with Crippen LogP contribution in [0.2, 0.25) is 21.8 Å². The lowest BCUT2D eigenvalue weighted by Crippen LogP contribution is -2.47. The quantitative estimate of drug-likeness (QED) is 0.332. The fraction of sp³-hybridized carbons (Fsp3) is 0.500. The molecule has 1 aromatic carbocycles. The zero-order chi connectivity index (χ0) is 20.0. The minimum atomic E-state index is -1.91. The maximum Gasteiger partial charge on any atom is 0.200 e. The van der Waals surface area contributed by atoms with Crippen LogP contribution in [0.15, 0.2) is 42.5 Å². The van der Waals surface area contributed by atoms with Crippen LogP contribution >= 0.6 is 11.6 Å². The van der Waals surface area contributed by atoms with E-state index in [0.29, 0.717) is 40.7 Å². The molecule has 2 aromatic rings. The van der Waals surface area contributed by atoms with Crippen molar-refractivity contribution in [3.05, 3.63) is 58.9 Å². The molecule has 1 aromatic heterocycles. The summed E-state index contributed by atoms with van der Waals surface area (Å²) < 4.78 is 12.4. The zero-order valence-electron chi connectivity index (χ0n) is 17.3. The summed E-state index contributed by atoms with van der Waals surface area (Å²) in [5.41, 5.74) is 3.58. The molecule has 0 N–H and O–H groups in total. The van der Waals surface area contributed by atoms with E-state index in [1.54, 1.807) is 0 Å². The van der Waals surface area contributed by atoms with E-state index >= 15 is 0 Å². The number of ether oxygens (including phenoxy) is 1. The predicted octanol–water partition coefficient (Wildman–Crippen LogP) is 7.01. The summed E-state index contributed by atoms with van der Waals surface area (Å²) in [5.74, 6) is 0.601. The molecule has 0 aliphatic rings. The van der Waals surface area contributed by atoms with Gasteiger partial charge in [-0.2, -0.15) is 0 Å². The van der Waals surface area contributed by atoms with E-state index in [2.05, 4.69) is 46.5 Å². The van der Waals surface area contributed by atoms with E-state index in [1.165, 1.54) is 0 Å². The molecule has 0 unspecified atom stereocenters. The van der Waals surface area contributed by atoms with Crippen LogP contribution in [0.1, 0.15) is 52.8 Å². The second-order valence-electron chi connectivity index (χ2n) is 7.97. The van der Waals surface area contributed by atoms with Gasteiger partial charge in [0.2, 0.25) is 8.32 Å². The fourth-order valence-electron chi connectivity index (χ4n) is 4.08. The third-order valence-electron chi connectivity index (χ3n) is 5.29. The number of hydrogen-bond acceptors (Lipinski definition) is 3. The van der Waals surface area contributed by atoms with Gasteiger partial charge in [0.1, 0.15) is 6.61 Å². The molecule has 0 saturated carbocycles. The van der Waals surface area contributed by atoms with Crippen molar-refractivity contribution < 1.29 is 9.16 Å². The second-order valence-corrected chi connectivity index (χ2v) is 13.8. The highest BCUT2D eigenvalue weighted by Gasteiger charge is 2.45. The molecular formula is C22H32ClNO2Si. The Bertz CT molecular complexity index is 698. The number of hydrogen-bond donors (Lipinski definition) is 0. The minimum absolute atomic E-state index is 0.387. The summed E-state index contributed by atoms with van der Waals surface area (Å²) in [6, 6.07) is 13.9. The van der Waals surface area contributed by atoms with Crippen LogP contribution in [-0.4, -0.2) is 13.3 Å². The molecule has 3 nitrogen and oxygen atoms in total. The maximum atomic E-state index is 6.60. The molecule has 2 rings (SSSR count). The topological polar surface area (TPSA) is 31.4 Å². The molecule has 5 heteroatoms. The van der Waals surface area contributed by atoms with Crippen molar-refractivity contribution in [2.45, 2.75) is 71.4 Å². The first-order chi connectivity index (χ1) is 12.8. The number of aromatic nitrogens is 1. The predicted molar refractivity (Wildman–Crippen MR) is 116 cm³/mol. The SMILES string of the molecule is CC(C)[Si](OCc1ccc(OCc2ccccc2)c(Cl)n1)(C(C)C)C(C)C. The molecule has 0 saturated heterocycles. The van der Waals surface area contributed by atoms with Gasteiger partial charge in [0.05, 0.1) is 12.3 Å². The Hall–Kier alpha value is -1.36. The average molecular weight is 406 g/mol. The number of nitrogens with zero attached hydrogens (tertiary/aromatic N) is 1. The lowest BCUT2D eigenvalue weighted by atomic mass is 10.2. The van der Waals surface area contributed by atoms with Gasteiger partial charge in [-0.1, -0.05) is 83.5 Å². The van der Waals surface area contributed by atoms with E-state index < -0.39 is 8.32 Å². The van der Waals surface area contributed by atoms with Crippen molar-refractivity contribution in [3.63, 3.8) is 0 Å². The summed E-state index contributed by atoms with van der Waals surface area (Å²) in [6.07, 6.45) is 0. The third kappa shape index (κ3) is 5.34. The largest absolute Gasteiger partial charge is 0.486 e. The molecule has 1 heterocycles. The van der Waals surface area contributed by atoms with Crippen LogP contribution in [0.25, 0.3) is 0 Å². The molecule has 0 spiro atoms. The highest BCUT2D eigenvalue weighted by molar-refractivity contribution is 6.77. The molecule has 0 radical (unpaired) electrons. The van der Waals surface area contributed by atoms with Crippen molar-refractivity contribution in [1.82, 2.24) is 4.98 Å². The zero-order valence-corrected chi connectivity index (χ0v) is 19.1. The number of pyridine rings is 1. The highest BCUT2D eigenvalue weighted by Crippen LogP contribution is 2.42. The van der Waals surface area contributed by atoms with Crippen LogP contribution in [0.5, 0.6) is 5.75 Å². The Morgan fingerprint density at radius 1 is 0.852 bits per heavy atom. The summed E-state index contributed by atoms with van der Waals surface area (Å²) in [4.78, 5) is 4.50. The Morgan fingerprint density at radius 2 is 1.44 bits per heavy atom. The van der Waals surface area contributed by atoms with Crippen molar-refractivity contribution in [1.29, 1.82) is 0 Å². The second kappa shape index (κ2) is 9.72. The minimum Gasteiger partial charge on any atom is -0.486 e. The van der Waals surface area contributed by atoms with Crippen molar-refractivity contribution in [2.24, 2.45) is 0 Å². The Morgan fingerprint density at radius 3 is 1.96 bits per heavy atom. The van der Waals surface area contributed by atoms with E-state index in [0.717, 1.165) is 11.3 Å². The smallest absolute Gasteiger partial charge is 0.200 e. The Balaban J connectivity index is 2.06. The first-order valence-electron chi connectivity index (χ1n) is 9.73. The van der Waals surface area contributed by atoms with Gasteiger partial charge in [-0.05, 0) is 34.3 Å². The van der Waals surface area contributed by atoms with Gasteiger partial charge in [-0.3, -0.25) is 0 Å². The monoisotopic (exact) mass is 405 g/mol. The van der Waals surface area contributed by atoms with E-state index in [-0.39, 0.29) is 0 Å². The van der Waals surface area contributed by atoms with Crippen molar-refractivity contribution in [2.75, 3.05) is 0 Å². The summed E-state index contributed by atoms with van der Waals surface area (Å²) in [7, 11) is -1.91. The lowest BCUT2D eigenvalue weighted by Gasteiger charge is -2.42. The summed E-state index contributed by atoms with van der Waals surface area (Å²) >= 11 is 6.35. The van der Waals surface area contributed by atoms with Gasteiger partial charge >= 0.3 is 0 Å². The molecule has 0 atom stereocenters. The Kier molecular flexibility index (Phi) is 7.89. The maximum absolute atomic E-state index is 6.60. The number of rotatable bonds is 9. The molecule has 0 aliphatic heterocycles. The average Bonchev–Trinajstić information content (AvgIpc) is 2.61. The highest BCUT2D eigenvalue weighted by atomic mass is 35.5. The molecular weight excluding hydrogens is 374 g/mol. The summed E-state index contributed by atoms with van der Waals surface area (Å²) in [5, 5.41) is 0.387. The molecule has 0 amide bonds. The van der Waals surface area contributed by atoms with Crippen LogP contribution in [0.3, 0.4) is 0 Å². The van der Waals surface area contributed by atoms with Crippen LogP contribution in [0, 0.1) is 0 Å². The van der Waals surface area contributed by atoms with Gasteiger partial charge in [0.25, 0.3) is 0 Å². The molecule has 0 aliphatic carbocycles. The molecule has 0 fully saturated rings. The standard InChI is InChI=1S/C22H32ClNO2Si/c1-16(2)27(17(3)4,18(5)6)26-15-20-12-13-21(22(23)24-20)25-14-19-10-8-7-9-11-19/h7-13,16-18H,14-15H2,1-6H3. The van der Waals surface area contributed by atoms with Crippen LogP contribution in [0.4, 0.5) is 0 Å². The van der Waals surface area contributed by atoms with Gasteiger partial charge < -0.3 is 9.16 Å². The first-order valence-corrected chi connectivity index (χ1v) is 12.2. The normalized spacial score (nSPS) is 12.2. The third-order valence-corrected chi connectivity index (χ3v) is 11.6. The van der Waals surface area contributed by atoms with Gasteiger partial charge in [-0.25, -0.2) is 4.98 Å². The van der Waals surface area contributed by atoms with Crippen molar-refractivity contribution in [3.8, 4) is 5.75 Å².